The van der Waals surface area contributed by atoms with E-state index in [9.17, 15) is 18.3 Å². The highest BCUT2D eigenvalue weighted by Gasteiger charge is 2.51. The molecule has 3 rings (SSSR count). The smallest absolute Gasteiger partial charge is 0.376 e. The van der Waals surface area contributed by atoms with Crippen LogP contribution in [0.15, 0.2) is 34.6 Å². The molecule has 1 saturated heterocycles. The number of thioether (sulfide) groups is 1. The molecule has 2 aliphatic heterocycles. The van der Waals surface area contributed by atoms with Crippen molar-refractivity contribution in [2.75, 3.05) is 36.8 Å². The van der Waals surface area contributed by atoms with Crippen molar-refractivity contribution in [3.63, 3.8) is 0 Å². The van der Waals surface area contributed by atoms with Crippen molar-refractivity contribution in [2.24, 2.45) is 0 Å². The molecular weight excluding hydrogens is 369 g/mol. The van der Waals surface area contributed by atoms with Crippen LogP contribution in [0.3, 0.4) is 0 Å². The fourth-order valence-corrected chi connectivity index (χ4v) is 5.03. The molecule has 0 aromatic heterocycles. The van der Waals surface area contributed by atoms with Crippen LogP contribution in [0, 0.1) is 0 Å². The van der Waals surface area contributed by atoms with Gasteiger partial charge < -0.3 is 10.0 Å². The van der Waals surface area contributed by atoms with Crippen molar-refractivity contribution in [1.29, 1.82) is 0 Å². The van der Waals surface area contributed by atoms with Gasteiger partial charge >= 0.3 is 6.18 Å². The Morgan fingerprint density at radius 2 is 1.72 bits per heavy atom. The minimum Gasteiger partial charge on any atom is -0.376 e. The van der Waals surface area contributed by atoms with E-state index < -0.39 is 11.8 Å². The first-order valence-corrected chi connectivity index (χ1v) is 9.94. The van der Waals surface area contributed by atoms with E-state index in [1.165, 1.54) is 16.4 Å². The van der Waals surface area contributed by atoms with Gasteiger partial charge in [-0.3, -0.25) is 0 Å². The molecule has 1 atom stereocenters. The highest BCUT2D eigenvalue weighted by molar-refractivity contribution is 8.21. The van der Waals surface area contributed by atoms with Gasteiger partial charge in [-0.05, 0) is 43.0 Å². The first-order valence-electron chi connectivity index (χ1n) is 8.18. The Balaban J connectivity index is 1.58. The zero-order valence-corrected chi connectivity index (χ0v) is 15.6. The Labute approximate surface area is 154 Å². The summed E-state index contributed by atoms with van der Waals surface area (Å²) in [5, 5.41) is 9.74. The third-order valence-electron chi connectivity index (χ3n) is 4.48. The number of hydrogen-bond donors (Lipinski definition) is 1. The quantitative estimate of drug-likeness (QED) is 0.778. The van der Waals surface area contributed by atoms with Gasteiger partial charge in [-0.25, -0.2) is 4.31 Å². The van der Waals surface area contributed by atoms with Crippen molar-refractivity contribution in [1.82, 2.24) is 4.31 Å². The zero-order chi connectivity index (χ0) is 18.1. The summed E-state index contributed by atoms with van der Waals surface area (Å²) >= 11 is 3.70. The molecule has 0 saturated carbocycles. The lowest BCUT2D eigenvalue weighted by Gasteiger charge is -2.35. The van der Waals surface area contributed by atoms with Crippen molar-refractivity contribution in [3.8, 4) is 0 Å². The molecule has 1 N–H and O–H groups in total. The lowest BCUT2D eigenvalue weighted by atomic mass is 9.95. The SMILES string of the molecule is CC(O)(c1ccc(N2CCN(SC3=CCCS3)CC2)cc1)C(F)(F)F. The molecule has 1 aromatic carbocycles. The number of aliphatic hydroxyl groups is 1. The number of halogens is 3. The molecule has 25 heavy (non-hydrogen) atoms. The number of piperazine rings is 1. The first kappa shape index (κ1) is 18.9. The Hall–Kier alpha value is -0.830. The maximum atomic E-state index is 12.9. The van der Waals surface area contributed by atoms with E-state index in [-0.39, 0.29) is 5.56 Å². The molecule has 1 fully saturated rings. The number of allylic oxidation sites excluding steroid dienone is 1. The van der Waals surface area contributed by atoms with Crippen LogP contribution in [-0.2, 0) is 5.60 Å². The number of nitrogens with zero attached hydrogens (tertiary/aromatic N) is 2. The Morgan fingerprint density at radius 1 is 1.08 bits per heavy atom. The first-order chi connectivity index (χ1) is 11.8. The molecule has 8 heteroatoms. The third-order valence-corrected chi connectivity index (χ3v) is 6.92. The molecule has 0 radical (unpaired) electrons. The largest absolute Gasteiger partial charge is 0.421 e. The highest BCUT2D eigenvalue weighted by atomic mass is 32.2. The minimum absolute atomic E-state index is 0.136. The van der Waals surface area contributed by atoms with Gasteiger partial charge in [0.25, 0.3) is 0 Å². The van der Waals surface area contributed by atoms with Crippen molar-refractivity contribution in [3.05, 3.63) is 40.1 Å². The fourth-order valence-electron chi connectivity index (χ4n) is 2.78. The normalized spacial score (nSPS) is 22.0. The van der Waals surface area contributed by atoms with Crippen molar-refractivity contribution < 1.29 is 18.3 Å². The van der Waals surface area contributed by atoms with Gasteiger partial charge in [-0.2, -0.15) is 13.2 Å². The van der Waals surface area contributed by atoms with E-state index in [0.29, 0.717) is 0 Å². The molecule has 138 valence electrons. The third kappa shape index (κ3) is 4.30. The predicted molar refractivity (Wildman–Crippen MR) is 98.6 cm³/mol. The summed E-state index contributed by atoms with van der Waals surface area (Å²) in [6.45, 7) is 4.27. The van der Waals surface area contributed by atoms with Crippen molar-refractivity contribution >= 4 is 29.4 Å². The van der Waals surface area contributed by atoms with E-state index in [1.54, 1.807) is 24.1 Å². The Kier molecular flexibility index (Phi) is 5.63. The molecule has 2 aliphatic rings. The average Bonchev–Trinajstić information content (AvgIpc) is 3.08. The number of rotatable bonds is 4. The Bertz CT molecular complexity index is 624. The van der Waals surface area contributed by atoms with Gasteiger partial charge in [0.2, 0.25) is 0 Å². The lowest BCUT2D eigenvalue weighted by molar-refractivity contribution is -0.258. The second-order valence-corrected chi connectivity index (χ2v) is 8.82. The summed E-state index contributed by atoms with van der Waals surface area (Å²) < 4.78 is 42.4. The van der Waals surface area contributed by atoms with E-state index >= 15 is 0 Å². The molecule has 2 heterocycles. The van der Waals surface area contributed by atoms with Crippen LogP contribution < -0.4 is 4.90 Å². The molecule has 0 amide bonds. The monoisotopic (exact) mass is 390 g/mol. The van der Waals surface area contributed by atoms with Gasteiger partial charge in [-0.1, -0.05) is 18.2 Å². The van der Waals surface area contributed by atoms with Gasteiger partial charge in [0.15, 0.2) is 5.60 Å². The molecule has 3 nitrogen and oxygen atoms in total. The second kappa shape index (κ2) is 7.42. The van der Waals surface area contributed by atoms with Crippen LogP contribution in [0.4, 0.5) is 18.9 Å². The highest BCUT2D eigenvalue weighted by Crippen LogP contribution is 2.39. The maximum absolute atomic E-state index is 12.9. The number of hydrogen-bond acceptors (Lipinski definition) is 5. The summed E-state index contributed by atoms with van der Waals surface area (Å²) in [4.78, 5) is 2.17. The predicted octanol–water partition coefficient (Wildman–Crippen LogP) is 4.20. The maximum Gasteiger partial charge on any atom is 0.421 e. The zero-order valence-electron chi connectivity index (χ0n) is 13.9. The van der Waals surface area contributed by atoms with Gasteiger partial charge in [-0.15, -0.1) is 11.8 Å². The summed E-state index contributed by atoms with van der Waals surface area (Å²) in [7, 11) is 0. The molecule has 0 aliphatic carbocycles. The molecule has 0 spiro atoms. The molecular formula is C17H21F3N2OS2. The van der Waals surface area contributed by atoms with Crippen molar-refractivity contribution in [2.45, 2.75) is 25.1 Å². The van der Waals surface area contributed by atoms with Crippen LogP contribution in [0.1, 0.15) is 18.9 Å². The Morgan fingerprint density at radius 3 is 2.24 bits per heavy atom. The van der Waals surface area contributed by atoms with E-state index in [4.69, 9.17) is 0 Å². The van der Waals surface area contributed by atoms with Crippen LogP contribution in [0.2, 0.25) is 0 Å². The summed E-state index contributed by atoms with van der Waals surface area (Å²) in [6, 6.07) is 6.05. The van der Waals surface area contributed by atoms with E-state index in [1.807, 2.05) is 11.8 Å². The van der Waals surface area contributed by atoms with Crippen LogP contribution in [0.25, 0.3) is 0 Å². The van der Waals surface area contributed by atoms with Gasteiger partial charge in [0, 0.05) is 37.6 Å². The van der Waals surface area contributed by atoms with Crippen LogP contribution in [0.5, 0.6) is 0 Å². The average molecular weight is 390 g/mol. The number of benzene rings is 1. The van der Waals surface area contributed by atoms with Crippen LogP contribution in [-0.4, -0.2) is 47.5 Å². The minimum atomic E-state index is -4.69. The summed E-state index contributed by atoms with van der Waals surface area (Å²) in [6.07, 6.45) is -1.28. The second-order valence-electron chi connectivity index (χ2n) is 6.28. The summed E-state index contributed by atoms with van der Waals surface area (Å²) in [5.41, 5.74) is -2.07. The van der Waals surface area contributed by atoms with Crippen LogP contribution >= 0.6 is 23.7 Å². The van der Waals surface area contributed by atoms with Gasteiger partial charge in [0.05, 0.1) is 4.24 Å². The fraction of sp³-hybridized carbons (Fsp3) is 0.529. The number of alkyl halides is 3. The van der Waals surface area contributed by atoms with Gasteiger partial charge in [0.1, 0.15) is 0 Å². The molecule has 1 aromatic rings. The van der Waals surface area contributed by atoms with E-state index in [2.05, 4.69) is 15.3 Å². The number of anilines is 1. The molecule has 0 bridgehead atoms. The topological polar surface area (TPSA) is 26.7 Å². The summed E-state index contributed by atoms with van der Waals surface area (Å²) in [5.74, 6) is 1.16. The van der Waals surface area contributed by atoms with E-state index in [0.717, 1.165) is 51.0 Å². The molecule has 1 unspecified atom stereocenters. The lowest BCUT2D eigenvalue weighted by Crippen LogP contribution is -2.43. The standard InChI is InChI=1S/C17H21F3N2OS2/c1-16(23,17(18,19)20)13-4-6-14(7-5-13)21-8-10-22(11-9-21)25-15-3-2-12-24-15/h3-7,23H,2,8-12H2,1H3.